The van der Waals surface area contributed by atoms with Crippen LogP contribution in [0.4, 0.5) is 0 Å². The highest BCUT2D eigenvalue weighted by atomic mass is 16.2. The van der Waals surface area contributed by atoms with Crippen molar-refractivity contribution in [2.45, 2.75) is 224 Å². The number of rotatable bonds is 29. The fourth-order valence-electron chi connectivity index (χ4n) is 5.69. The molecule has 314 valence electrons. The Bertz CT molecular complexity index is 875. The largest absolute Gasteiger partial charge is 0.343 e. The van der Waals surface area contributed by atoms with E-state index in [1.807, 2.05) is 42.4 Å². The lowest BCUT2D eigenvalue weighted by Gasteiger charge is -2.30. The molecule has 0 aliphatic carbocycles. The van der Waals surface area contributed by atoms with Gasteiger partial charge in [-0.25, -0.2) is 0 Å². The van der Waals surface area contributed by atoms with Gasteiger partial charge in [0.15, 0.2) is 0 Å². The fourth-order valence-corrected chi connectivity index (χ4v) is 5.69. The number of hydrogen-bond donors (Lipinski definition) is 0. The van der Waals surface area contributed by atoms with Crippen LogP contribution in [0.25, 0.3) is 0 Å². The van der Waals surface area contributed by atoms with Gasteiger partial charge in [0.05, 0.1) is 0 Å². The standard InChI is InChI=1S/2C15H29NO2.C13H25NO2.CH4/c2*1-4-6-12-16(13-7-5-2)15(18)11-9-8-10-14(3)17;1-10(2)14(11(3)4)13(16)9-7-6-8-12(5)15;/h2*4-13H2,1-3H3;10-11H,6-9H2,1-5H3;1H4. The molecule has 53 heavy (non-hydrogen) atoms. The van der Waals surface area contributed by atoms with Crippen LogP contribution in [0.15, 0.2) is 0 Å². The molecule has 0 aromatic rings. The molecule has 0 heterocycles. The van der Waals surface area contributed by atoms with Gasteiger partial charge in [0.2, 0.25) is 17.7 Å². The van der Waals surface area contributed by atoms with E-state index in [0.29, 0.717) is 38.5 Å². The summed E-state index contributed by atoms with van der Waals surface area (Å²) < 4.78 is 0. The van der Waals surface area contributed by atoms with Crippen LogP contribution in [0.3, 0.4) is 0 Å². The zero-order valence-electron chi connectivity index (χ0n) is 35.9. The van der Waals surface area contributed by atoms with Gasteiger partial charge in [-0.1, -0.05) is 60.8 Å². The summed E-state index contributed by atoms with van der Waals surface area (Å²) in [6.07, 6.45) is 17.4. The zero-order valence-corrected chi connectivity index (χ0v) is 35.9. The van der Waals surface area contributed by atoms with E-state index in [4.69, 9.17) is 0 Å². The van der Waals surface area contributed by atoms with Crippen molar-refractivity contribution >= 4 is 35.1 Å². The first-order valence-electron chi connectivity index (χ1n) is 20.9. The number of hydrogen-bond acceptors (Lipinski definition) is 6. The van der Waals surface area contributed by atoms with E-state index in [1.54, 1.807) is 20.8 Å². The van der Waals surface area contributed by atoms with Gasteiger partial charge in [0, 0.05) is 76.8 Å². The van der Waals surface area contributed by atoms with Gasteiger partial charge < -0.3 is 29.1 Å². The molecule has 0 bridgehead atoms. The molecule has 0 aliphatic rings. The van der Waals surface area contributed by atoms with Gasteiger partial charge >= 0.3 is 0 Å². The summed E-state index contributed by atoms with van der Waals surface area (Å²) in [5.74, 6) is 1.37. The molecule has 0 rings (SSSR count). The normalized spacial score (nSPS) is 10.4. The van der Waals surface area contributed by atoms with Crippen molar-refractivity contribution in [3.8, 4) is 0 Å². The smallest absolute Gasteiger partial charge is 0.223 e. The van der Waals surface area contributed by atoms with Gasteiger partial charge in [-0.3, -0.25) is 14.4 Å². The lowest BCUT2D eigenvalue weighted by atomic mass is 10.1. The lowest BCUT2D eigenvalue weighted by Crippen LogP contribution is -2.41. The Labute approximate surface area is 328 Å². The molecule has 9 nitrogen and oxygen atoms in total. The maximum Gasteiger partial charge on any atom is 0.223 e. The number of carbonyl (C=O) groups excluding carboxylic acids is 6. The number of nitrogens with zero attached hydrogens (tertiary/aromatic N) is 3. The van der Waals surface area contributed by atoms with Crippen molar-refractivity contribution in [2.24, 2.45) is 0 Å². The van der Waals surface area contributed by atoms with Crippen LogP contribution in [-0.4, -0.2) is 88.0 Å². The Morgan fingerprint density at radius 1 is 0.377 bits per heavy atom. The predicted octanol–water partition coefficient (Wildman–Crippen LogP) is 10.5. The Balaban J connectivity index is -0.000000337. The SMILES string of the molecule is C.CC(=O)CCCCC(=O)N(C(C)C)C(C)C.CCCCN(CCCC)C(=O)CCCCC(C)=O.CCCCN(CCCC)C(=O)CCCCC(C)=O. The average molecular weight is 754 g/mol. The van der Waals surface area contributed by atoms with E-state index in [2.05, 4.69) is 27.7 Å². The maximum absolute atomic E-state index is 12.0. The minimum Gasteiger partial charge on any atom is -0.343 e. The molecule has 9 heteroatoms. The van der Waals surface area contributed by atoms with E-state index >= 15 is 0 Å². The molecule has 0 aliphatic heterocycles. The summed E-state index contributed by atoms with van der Waals surface area (Å²) in [5.41, 5.74) is 0. The van der Waals surface area contributed by atoms with Gasteiger partial charge in [-0.2, -0.15) is 0 Å². The predicted molar refractivity (Wildman–Crippen MR) is 224 cm³/mol. The first-order chi connectivity index (χ1) is 24.6. The monoisotopic (exact) mass is 754 g/mol. The minimum absolute atomic E-state index is 0. The number of ketones is 3. The van der Waals surface area contributed by atoms with Crippen molar-refractivity contribution in [3.63, 3.8) is 0 Å². The van der Waals surface area contributed by atoms with Crippen LogP contribution < -0.4 is 0 Å². The Morgan fingerprint density at radius 3 is 0.811 bits per heavy atom. The van der Waals surface area contributed by atoms with Gasteiger partial charge in [0.1, 0.15) is 17.3 Å². The second-order valence-electron chi connectivity index (χ2n) is 14.9. The minimum atomic E-state index is 0. The van der Waals surface area contributed by atoms with Gasteiger partial charge in [-0.05, 0) is 113 Å². The molecule has 0 spiro atoms. The van der Waals surface area contributed by atoms with Crippen molar-refractivity contribution in [2.75, 3.05) is 26.2 Å². The molecule has 0 N–H and O–H groups in total. The maximum atomic E-state index is 12.0. The Kier molecular flexibility index (Phi) is 42.2. The summed E-state index contributed by atoms with van der Waals surface area (Å²) in [6.45, 7) is 25.1. The van der Waals surface area contributed by atoms with Crippen molar-refractivity contribution in [1.82, 2.24) is 14.7 Å². The van der Waals surface area contributed by atoms with Gasteiger partial charge in [-0.15, -0.1) is 0 Å². The highest BCUT2D eigenvalue weighted by molar-refractivity contribution is 5.78. The first-order valence-corrected chi connectivity index (χ1v) is 20.9. The number of amides is 3. The number of carbonyl (C=O) groups is 6. The molecule has 0 saturated carbocycles. The molecule has 0 fully saturated rings. The van der Waals surface area contributed by atoms with Crippen LogP contribution in [0.2, 0.25) is 0 Å². The van der Waals surface area contributed by atoms with E-state index in [0.717, 1.165) is 116 Å². The van der Waals surface area contributed by atoms with E-state index in [9.17, 15) is 28.8 Å². The van der Waals surface area contributed by atoms with Crippen molar-refractivity contribution in [3.05, 3.63) is 0 Å². The number of unbranched alkanes of at least 4 members (excludes halogenated alkanes) is 7. The first kappa shape index (κ1) is 57.1. The summed E-state index contributed by atoms with van der Waals surface area (Å²) >= 11 is 0. The van der Waals surface area contributed by atoms with Gasteiger partial charge in [0.25, 0.3) is 0 Å². The Hall–Kier alpha value is -2.58. The zero-order chi connectivity index (χ0) is 40.3. The molecule has 0 atom stereocenters. The van der Waals surface area contributed by atoms with Crippen LogP contribution in [0, 0.1) is 0 Å². The molecular formula is C44H87N3O6. The Morgan fingerprint density at radius 2 is 0.604 bits per heavy atom. The van der Waals surface area contributed by atoms with E-state index in [-0.39, 0.29) is 54.6 Å². The van der Waals surface area contributed by atoms with Crippen LogP contribution in [-0.2, 0) is 28.8 Å². The summed E-state index contributed by atoms with van der Waals surface area (Å²) in [6, 6.07) is 0.501. The highest BCUT2D eigenvalue weighted by Gasteiger charge is 2.19. The molecular weight excluding hydrogens is 666 g/mol. The third-order valence-corrected chi connectivity index (χ3v) is 8.74. The summed E-state index contributed by atoms with van der Waals surface area (Å²) in [5, 5.41) is 0. The molecule has 0 radical (unpaired) electrons. The summed E-state index contributed by atoms with van der Waals surface area (Å²) in [4.78, 5) is 74.3. The number of Topliss-reactive ketones (excluding diaryl/α,β-unsaturated/α-hetero) is 3. The second kappa shape index (κ2) is 39.1. The quantitative estimate of drug-likeness (QED) is 0.0703. The third-order valence-electron chi connectivity index (χ3n) is 8.74. The van der Waals surface area contributed by atoms with Crippen LogP contribution in [0.5, 0.6) is 0 Å². The third kappa shape index (κ3) is 37.5. The second-order valence-corrected chi connectivity index (χ2v) is 14.9. The van der Waals surface area contributed by atoms with Crippen molar-refractivity contribution in [1.29, 1.82) is 0 Å². The van der Waals surface area contributed by atoms with Crippen LogP contribution >= 0.6 is 0 Å². The highest BCUT2D eigenvalue weighted by Crippen LogP contribution is 2.11. The van der Waals surface area contributed by atoms with Crippen LogP contribution in [0.1, 0.15) is 212 Å². The molecule has 0 aromatic heterocycles. The fraction of sp³-hybridized carbons (Fsp3) is 0.864. The van der Waals surface area contributed by atoms with E-state index < -0.39 is 0 Å². The van der Waals surface area contributed by atoms with Crippen molar-refractivity contribution < 1.29 is 28.8 Å². The molecule has 0 aromatic carbocycles. The molecule has 0 unspecified atom stereocenters. The average Bonchev–Trinajstić information content (AvgIpc) is 3.07. The van der Waals surface area contributed by atoms with E-state index in [1.165, 1.54) is 0 Å². The lowest BCUT2D eigenvalue weighted by molar-refractivity contribution is -0.135. The topological polar surface area (TPSA) is 112 Å². The molecule has 0 saturated heterocycles. The summed E-state index contributed by atoms with van der Waals surface area (Å²) in [7, 11) is 0. The molecule has 3 amide bonds.